The molecule has 2 N–H and O–H groups in total. The Hall–Kier alpha value is -0.890. The maximum atomic E-state index is 5.64. The summed E-state index contributed by atoms with van der Waals surface area (Å²) in [6.45, 7) is 12.4. The van der Waals surface area contributed by atoms with Gasteiger partial charge in [0.25, 0.3) is 0 Å². The van der Waals surface area contributed by atoms with Crippen molar-refractivity contribution < 1.29 is 56.8 Å². The number of nitrogens with two attached hydrogens (primary N) is 1. The minimum absolute atomic E-state index is 0.477. The lowest BCUT2D eigenvalue weighted by atomic mass is 10.2. The number of halogens is 1. The van der Waals surface area contributed by atoms with E-state index >= 15 is 0 Å². The number of hydrogen-bond donors (Lipinski definition) is 1. The molecule has 0 saturated carbocycles. The molecule has 0 spiro atoms. The standard InChI is InChI=1S/C34H62INO12/c35-9-3-1-2-4-10-37-11-12-38-13-14-39-15-16-40-17-18-41-19-20-42-21-22-43-23-24-44-25-26-45-27-28-46-29-30-47-31-32-48-34-7-5-33(36)6-8-34/h5-8H,1-4,9-32,36H2. The molecule has 1 aromatic rings. The minimum atomic E-state index is 0.477. The highest BCUT2D eigenvalue weighted by molar-refractivity contribution is 14.1. The average molecular weight is 804 g/mol. The first-order valence-corrected chi connectivity index (χ1v) is 18.7. The van der Waals surface area contributed by atoms with Crippen molar-refractivity contribution in [3.63, 3.8) is 0 Å². The second-order valence-corrected chi connectivity index (χ2v) is 11.3. The molecule has 0 amide bonds. The molecule has 0 aliphatic heterocycles. The van der Waals surface area contributed by atoms with Gasteiger partial charge in [-0.1, -0.05) is 35.4 Å². The van der Waals surface area contributed by atoms with E-state index in [1.165, 1.54) is 23.7 Å². The highest BCUT2D eigenvalue weighted by Crippen LogP contribution is 2.12. The van der Waals surface area contributed by atoms with Crippen LogP contribution in [0.2, 0.25) is 0 Å². The van der Waals surface area contributed by atoms with Crippen LogP contribution in [0.4, 0.5) is 5.69 Å². The van der Waals surface area contributed by atoms with Crippen molar-refractivity contribution in [1.29, 1.82) is 0 Å². The largest absolute Gasteiger partial charge is 0.491 e. The van der Waals surface area contributed by atoms with E-state index in [2.05, 4.69) is 22.6 Å². The SMILES string of the molecule is Nc1ccc(OCCOCCOCCOCCOCCOCCOCCOCCOCCOCCOCCOCCCCCCI)cc1. The molecule has 0 heterocycles. The average Bonchev–Trinajstić information content (AvgIpc) is 3.10. The molecule has 48 heavy (non-hydrogen) atoms. The lowest BCUT2D eigenvalue weighted by Gasteiger charge is -2.09. The Morgan fingerprint density at radius 1 is 0.333 bits per heavy atom. The third kappa shape index (κ3) is 35.0. The van der Waals surface area contributed by atoms with E-state index in [0.29, 0.717) is 151 Å². The van der Waals surface area contributed by atoms with Gasteiger partial charge in [0.15, 0.2) is 0 Å². The van der Waals surface area contributed by atoms with Crippen LogP contribution in [0.1, 0.15) is 25.7 Å². The summed E-state index contributed by atoms with van der Waals surface area (Å²) < 4.78 is 67.2. The van der Waals surface area contributed by atoms with E-state index < -0.39 is 0 Å². The maximum Gasteiger partial charge on any atom is 0.119 e. The first-order valence-electron chi connectivity index (χ1n) is 17.2. The van der Waals surface area contributed by atoms with Crippen molar-refractivity contribution in [2.24, 2.45) is 0 Å². The fourth-order valence-corrected chi connectivity index (χ4v) is 4.28. The molecule has 0 aliphatic rings. The zero-order valence-electron chi connectivity index (χ0n) is 29.0. The predicted molar refractivity (Wildman–Crippen MR) is 193 cm³/mol. The first-order chi connectivity index (χ1) is 23.8. The van der Waals surface area contributed by atoms with Crippen LogP contribution >= 0.6 is 22.6 Å². The molecule has 1 aromatic carbocycles. The lowest BCUT2D eigenvalue weighted by molar-refractivity contribution is -0.0277. The summed E-state index contributed by atoms with van der Waals surface area (Å²) in [5.74, 6) is 0.773. The van der Waals surface area contributed by atoms with E-state index in [-0.39, 0.29) is 0 Å². The van der Waals surface area contributed by atoms with Crippen LogP contribution < -0.4 is 10.5 Å². The Morgan fingerprint density at radius 2 is 0.604 bits per heavy atom. The number of nitrogen functional groups attached to an aromatic ring is 1. The van der Waals surface area contributed by atoms with Crippen LogP contribution in [0.15, 0.2) is 24.3 Å². The molecule has 282 valence electrons. The molecule has 14 heteroatoms. The highest BCUT2D eigenvalue weighted by atomic mass is 127. The van der Waals surface area contributed by atoms with Crippen LogP contribution in [0, 0.1) is 0 Å². The van der Waals surface area contributed by atoms with Crippen LogP contribution in [-0.4, -0.2) is 156 Å². The van der Waals surface area contributed by atoms with Gasteiger partial charge in [-0.25, -0.2) is 0 Å². The summed E-state index contributed by atoms with van der Waals surface area (Å²) >= 11 is 2.42. The van der Waals surface area contributed by atoms with Gasteiger partial charge in [-0.3, -0.25) is 0 Å². The molecule has 0 bridgehead atoms. The fourth-order valence-electron chi connectivity index (χ4n) is 3.74. The fraction of sp³-hybridized carbons (Fsp3) is 0.824. The Kier molecular flexibility index (Phi) is 36.6. The quantitative estimate of drug-likeness (QED) is 0.0446. The second-order valence-electron chi connectivity index (χ2n) is 10.3. The number of ether oxygens (including phenoxy) is 12. The van der Waals surface area contributed by atoms with Gasteiger partial charge in [-0.2, -0.15) is 0 Å². The van der Waals surface area contributed by atoms with Gasteiger partial charge in [-0.15, -0.1) is 0 Å². The molecule has 0 atom stereocenters. The zero-order valence-corrected chi connectivity index (χ0v) is 31.1. The summed E-state index contributed by atoms with van der Waals surface area (Å²) in [7, 11) is 0. The number of anilines is 1. The predicted octanol–water partition coefficient (Wildman–Crippen LogP) is 3.83. The number of unbranched alkanes of at least 4 members (excludes halogenated alkanes) is 3. The smallest absolute Gasteiger partial charge is 0.119 e. The highest BCUT2D eigenvalue weighted by Gasteiger charge is 1.98. The molecule has 0 aromatic heterocycles. The monoisotopic (exact) mass is 803 g/mol. The third-order valence-corrected chi connectivity index (χ3v) is 7.03. The van der Waals surface area contributed by atoms with E-state index in [4.69, 9.17) is 62.6 Å². The van der Waals surface area contributed by atoms with Gasteiger partial charge in [0.2, 0.25) is 0 Å². The van der Waals surface area contributed by atoms with Gasteiger partial charge in [0.1, 0.15) is 12.4 Å². The van der Waals surface area contributed by atoms with Gasteiger partial charge < -0.3 is 62.6 Å². The molecule has 0 saturated heterocycles. The van der Waals surface area contributed by atoms with Crippen molar-refractivity contribution in [2.75, 3.05) is 162 Å². The van der Waals surface area contributed by atoms with Gasteiger partial charge in [0, 0.05) is 12.3 Å². The van der Waals surface area contributed by atoms with Gasteiger partial charge >= 0.3 is 0 Å². The van der Waals surface area contributed by atoms with Crippen LogP contribution in [0.25, 0.3) is 0 Å². The summed E-state index contributed by atoms with van der Waals surface area (Å²) in [5, 5.41) is 0. The van der Waals surface area contributed by atoms with Crippen molar-refractivity contribution >= 4 is 28.3 Å². The van der Waals surface area contributed by atoms with Gasteiger partial charge in [-0.05, 0) is 41.5 Å². The Morgan fingerprint density at radius 3 is 0.917 bits per heavy atom. The summed E-state index contributed by atoms with van der Waals surface area (Å²) in [5.41, 5.74) is 6.36. The van der Waals surface area contributed by atoms with Crippen molar-refractivity contribution in [1.82, 2.24) is 0 Å². The first kappa shape index (κ1) is 45.1. The molecule has 0 aliphatic carbocycles. The molecule has 0 radical (unpaired) electrons. The Bertz CT molecular complexity index is 753. The number of benzene rings is 1. The molecule has 13 nitrogen and oxygen atoms in total. The second kappa shape index (κ2) is 38.9. The normalized spacial score (nSPS) is 11.4. The number of hydrogen-bond acceptors (Lipinski definition) is 13. The molecular formula is C34H62INO12. The zero-order chi connectivity index (χ0) is 34.3. The van der Waals surface area contributed by atoms with E-state index in [0.717, 1.165) is 18.8 Å². The van der Waals surface area contributed by atoms with Crippen molar-refractivity contribution in [2.45, 2.75) is 25.7 Å². The summed E-state index contributed by atoms with van der Waals surface area (Å²) in [6.07, 6.45) is 4.97. The Labute approximate surface area is 302 Å². The molecule has 0 unspecified atom stereocenters. The molecular weight excluding hydrogens is 741 g/mol. The lowest BCUT2D eigenvalue weighted by Crippen LogP contribution is -2.15. The van der Waals surface area contributed by atoms with Crippen LogP contribution in [0.3, 0.4) is 0 Å². The van der Waals surface area contributed by atoms with Gasteiger partial charge in [0.05, 0.1) is 139 Å². The number of alkyl halides is 1. The third-order valence-electron chi connectivity index (χ3n) is 6.27. The molecule has 1 rings (SSSR count). The topological polar surface area (TPSA) is 137 Å². The van der Waals surface area contributed by atoms with E-state index in [1.807, 2.05) is 12.1 Å². The Balaban J connectivity index is 1.61. The molecule has 0 fully saturated rings. The van der Waals surface area contributed by atoms with E-state index in [9.17, 15) is 0 Å². The van der Waals surface area contributed by atoms with Crippen molar-refractivity contribution in [3.8, 4) is 5.75 Å². The summed E-state index contributed by atoms with van der Waals surface area (Å²) in [6, 6.07) is 7.27. The van der Waals surface area contributed by atoms with Crippen LogP contribution in [0.5, 0.6) is 5.75 Å². The van der Waals surface area contributed by atoms with Crippen LogP contribution in [-0.2, 0) is 52.1 Å². The summed E-state index contributed by atoms with van der Waals surface area (Å²) in [4.78, 5) is 0. The van der Waals surface area contributed by atoms with Crippen molar-refractivity contribution in [3.05, 3.63) is 24.3 Å². The minimum Gasteiger partial charge on any atom is -0.491 e. The maximum absolute atomic E-state index is 5.64. The van der Waals surface area contributed by atoms with E-state index in [1.54, 1.807) is 12.1 Å². The number of rotatable bonds is 40.